The first kappa shape index (κ1) is 15.2. The lowest BCUT2D eigenvalue weighted by Gasteiger charge is -2.23. The van der Waals surface area contributed by atoms with Crippen LogP contribution in [0.25, 0.3) is 0 Å². The number of carboxylic acid groups (broad SMARTS) is 1. The molecule has 0 aliphatic rings. The summed E-state index contributed by atoms with van der Waals surface area (Å²) in [6.45, 7) is 1.83. The molecule has 0 atom stereocenters. The molecule has 0 fully saturated rings. The Balaban J connectivity index is 4.04. The Morgan fingerprint density at radius 3 is 2.24 bits per heavy atom. The van der Waals surface area contributed by atoms with Gasteiger partial charge in [0, 0.05) is 20.6 Å². The number of amides is 2. The number of urea groups is 1. The van der Waals surface area contributed by atoms with E-state index in [0.29, 0.717) is 6.61 Å². The minimum absolute atomic E-state index is 0.0942. The molecule has 0 radical (unpaired) electrons. The van der Waals surface area contributed by atoms with Gasteiger partial charge in [-0.25, -0.2) is 4.79 Å². The zero-order valence-electron chi connectivity index (χ0n) is 10.3. The van der Waals surface area contributed by atoms with E-state index < -0.39 is 12.0 Å². The van der Waals surface area contributed by atoms with E-state index in [4.69, 9.17) is 9.84 Å². The fraction of sp³-hybridized carbons (Fsp3) is 0.700. The topological polar surface area (TPSA) is 87.2 Å². The number of nitrogens with zero attached hydrogens (tertiary/aromatic N) is 2. The van der Waals surface area contributed by atoms with Crippen molar-refractivity contribution in [2.75, 3.05) is 33.8 Å². The Bertz CT molecular complexity index is 292. The molecule has 0 heterocycles. The van der Waals surface area contributed by atoms with Crippen molar-refractivity contribution in [3.8, 4) is 0 Å². The van der Waals surface area contributed by atoms with E-state index >= 15 is 0 Å². The molecule has 0 saturated heterocycles. The van der Waals surface area contributed by atoms with Crippen LogP contribution in [0.4, 0.5) is 4.79 Å². The molecule has 0 aliphatic carbocycles. The molecule has 98 valence electrons. The maximum Gasteiger partial charge on any atom is 0.323 e. The third kappa shape index (κ3) is 6.39. The van der Waals surface area contributed by atoms with E-state index in [0.717, 1.165) is 4.90 Å². The summed E-state index contributed by atoms with van der Waals surface area (Å²) < 4.78 is 4.71. The summed E-state index contributed by atoms with van der Waals surface area (Å²) in [5, 5.41) is 8.52. The van der Waals surface area contributed by atoms with Gasteiger partial charge in [0.2, 0.25) is 0 Å². The minimum Gasteiger partial charge on any atom is -0.480 e. The van der Waals surface area contributed by atoms with Crippen LogP contribution in [-0.4, -0.2) is 66.7 Å². The summed E-state index contributed by atoms with van der Waals surface area (Å²) in [5.74, 6) is -1.47. The molecule has 0 bridgehead atoms. The van der Waals surface area contributed by atoms with Crippen molar-refractivity contribution >= 4 is 18.0 Å². The zero-order chi connectivity index (χ0) is 13.4. The summed E-state index contributed by atoms with van der Waals surface area (Å²) in [6.07, 6.45) is 0.0942. The largest absolute Gasteiger partial charge is 0.480 e. The molecule has 0 aromatic rings. The van der Waals surface area contributed by atoms with Crippen molar-refractivity contribution in [1.29, 1.82) is 0 Å². The van der Waals surface area contributed by atoms with Crippen LogP contribution >= 0.6 is 0 Å². The van der Waals surface area contributed by atoms with Crippen LogP contribution in [0.15, 0.2) is 0 Å². The van der Waals surface area contributed by atoms with Crippen molar-refractivity contribution < 1.29 is 24.2 Å². The summed E-state index contributed by atoms with van der Waals surface area (Å²) in [6, 6.07) is -0.448. The molecule has 0 aromatic heterocycles. The van der Waals surface area contributed by atoms with E-state index in [9.17, 15) is 14.4 Å². The molecule has 7 nitrogen and oxygen atoms in total. The third-order valence-corrected chi connectivity index (χ3v) is 1.98. The lowest BCUT2D eigenvalue weighted by atomic mass is 10.4. The van der Waals surface area contributed by atoms with Gasteiger partial charge >= 0.3 is 18.0 Å². The number of hydrogen-bond acceptors (Lipinski definition) is 4. The van der Waals surface area contributed by atoms with Gasteiger partial charge in [-0.2, -0.15) is 0 Å². The Labute approximate surface area is 99.9 Å². The van der Waals surface area contributed by atoms with Crippen molar-refractivity contribution in [1.82, 2.24) is 9.80 Å². The molecule has 2 amide bonds. The van der Waals surface area contributed by atoms with E-state index in [2.05, 4.69) is 0 Å². The van der Waals surface area contributed by atoms with E-state index in [1.165, 1.54) is 19.0 Å². The Morgan fingerprint density at radius 2 is 1.76 bits per heavy atom. The number of carboxylic acids is 1. The van der Waals surface area contributed by atoms with Gasteiger partial charge < -0.3 is 19.6 Å². The summed E-state index contributed by atoms with van der Waals surface area (Å²) >= 11 is 0. The number of carbonyl (C=O) groups excluding carboxylic acids is 2. The van der Waals surface area contributed by atoms with Crippen LogP contribution in [0.2, 0.25) is 0 Å². The number of esters is 1. The van der Waals surface area contributed by atoms with Crippen LogP contribution in [0.5, 0.6) is 0 Å². The standard InChI is InChI=1S/C10H18N2O5/c1-4-17-9(15)5-6-11(2)10(16)12(3)7-8(13)14/h4-7H2,1-3H3,(H,13,14). The maximum absolute atomic E-state index is 11.6. The Kier molecular flexibility index (Phi) is 6.69. The van der Waals surface area contributed by atoms with E-state index in [-0.39, 0.29) is 25.5 Å². The number of rotatable bonds is 6. The highest BCUT2D eigenvalue weighted by Crippen LogP contribution is 1.97. The second-order valence-electron chi connectivity index (χ2n) is 3.51. The molecule has 1 N–H and O–H groups in total. The van der Waals surface area contributed by atoms with Gasteiger partial charge in [-0.15, -0.1) is 0 Å². The van der Waals surface area contributed by atoms with Crippen LogP contribution in [0.3, 0.4) is 0 Å². The van der Waals surface area contributed by atoms with Crippen LogP contribution < -0.4 is 0 Å². The van der Waals surface area contributed by atoms with Crippen molar-refractivity contribution in [2.24, 2.45) is 0 Å². The first-order chi connectivity index (χ1) is 7.88. The highest BCUT2D eigenvalue weighted by Gasteiger charge is 2.17. The quantitative estimate of drug-likeness (QED) is 0.667. The summed E-state index contributed by atoms with van der Waals surface area (Å²) in [7, 11) is 2.89. The van der Waals surface area contributed by atoms with Crippen molar-refractivity contribution in [3.63, 3.8) is 0 Å². The average Bonchev–Trinajstić information content (AvgIpc) is 2.24. The lowest BCUT2D eigenvalue weighted by Crippen LogP contribution is -2.42. The van der Waals surface area contributed by atoms with Crippen LogP contribution in [-0.2, 0) is 14.3 Å². The highest BCUT2D eigenvalue weighted by atomic mass is 16.5. The summed E-state index contributed by atoms with van der Waals surface area (Å²) in [4.78, 5) is 35.4. The second-order valence-corrected chi connectivity index (χ2v) is 3.51. The minimum atomic E-state index is -1.08. The molecule has 0 aromatic carbocycles. The van der Waals surface area contributed by atoms with Gasteiger partial charge in [0.15, 0.2) is 0 Å². The molecular formula is C10H18N2O5. The van der Waals surface area contributed by atoms with Gasteiger partial charge in [0.1, 0.15) is 6.54 Å². The van der Waals surface area contributed by atoms with Gasteiger partial charge in [-0.1, -0.05) is 0 Å². The van der Waals surface area contributed by atoms with E-state index in [1.807, 2.05) is 0 Å². The first-order valence-electron chi connectivity index (χ1n) is 5.22. The molecule has 0 saturated carbocycles. The Morgan fingerprint density at radius 1 is 1.18 bits per heavy atom. The SMILES string of the molecule is CCOC(=O)CCN(C)C(=O)N(C)CC(=O)O. The number of ether oxygens (including phenoxy) is 1. The van der Waals surface area contributed by atoms with Gasteiger partial charge in [0.05, 0.1) is 13.0 Å². The molecule has 0 aliphatic heterocycles. The monoisotopic (exact) mass is 246 g/mol. The molecule has 0 unspecified atom stereocenters. The predicted octanol–water partition coefficient (Wildman–Crippen LogP) is 0.00780. The van der Waals surface area contributed by atoms with Gasteiger partial charge in [-0.3, -0.25) is 9.59 Å². The predicted molar refractivity (Wildman–Crippen MR) is 59.5 cm³/mol. The van der Waals surface area contributed by atoms with Crippen molar-refractivity contribution in [2.45, 2.75) is 13.3 Å². The number of hydrogen-bond donors (Lipinski definition) is 1. The number of aliphatic carboxylic acids is 1. The molecule has 0 rings (SSSR count). The van der Waals surface area contributed by atoms with Crippen molar-refractivity contribution in [3.05, 3.63) is 0 Å². The fourth-order valence-corrected chi connectivity index (χ4v) is 1.15. The lowest BCUT2D eigenvalue weighted by molar-refractivity contribution is -0.143. The number of likely N-dealkylation sites (N-methyl/N-ethyl adjacent to an activating group) is 1. The van der Waals surface area contributed by atoms with Crippen LogP contribution in [0, 0.1) is 0 Å². The average molecular weight is 246 g/mol. The third-order valence-electron chi connectivity index (χ3n) is 1.98. The maximum atomic E-state index is 11.6. The van der Waals surface area contributed by atoms with Gasteiger partial charge in [0.25, 0.3) is 0 Å². The summed E-state index contributed by atoms with van der Waals surface area (Å²) in [5.41, 5.74) is 0. The smallest absolute Gasteiger partial charge is 0.323 e. The first-order valence-corrected chi connectivity index (χ1v) is 5.22. The molecule has 0 spiro atoms. The highest BCUT2D eigenvalue weighted by molar-refractivity contribution is 5.80. The van der Waals surface area contributed by atoms with Crippen LogP contribution in [0.1, 0.15) is 13.3 Å². The fourth-order valence-electron chi connectivity index (χ4n) is 1.15. The van der Waals surface area contributed by atoms with Gasteiger partial charge in [-0.05, 0) is 6.92 Å². The number of carbonyl (C=O) groups is 3. The molecule has 7 heteroatoms. The molecular weight excluding hydrogens is 228 g/mol. The van der Waals surface area contributed by atoms with E-state index in [1.54, 1.807) is 6.92 Å². The second kappa shape index (κ2) is 7.48. The Hall–Kier alpha value is -1.79. The zero-order valence-corrected chi connectivity index (χ0v) is 10.3. The molecule has 17 heavy (non-hydrogen) atoms. The normalized spacial score (nSPS) is 9.59.